The Kier molecular flexibility index (Phi) is 5.10. The Bertz CT molecular complexity index is 662. The van der Waals surface area contributed by atoms with E-state index in [9.17, 15) is 14.4 Å². The molecule has 0 bridgehead atoms. The molecule has 1 aromatic carbocycles. The van der Waals surface area contributed by atoms with Gasteiger partial charge in [0, 0.05) is 25.6 Å². The second kappa shape index (κ2) is 7.04. The molecule has 0 spiro atoms. The predicted molar refractivity (Wildman–Crippen MR) is 87.0 cm³/mol. The summed E-state index contributed by atoms with van der Waals surface area (Å²) >= 11 is 0. The quantitative estimate of drug-likeness (QED) is 0.867. The van der Waals surface area contributed by atoms with Gasteiger partial charge in [-0.15, -0.1) is 0 Å². The van der Waals surface area contributed by atoms with E-state index in [1.807, 2.05) is 32.0 Å². The number of carbonyl (C=O) groups is 3. The largest absolute Gasteiger partial charge is 0.342 e. The number of hydrazone groups is 1. The molecule has 1 aliphatic rings. The summed E-state index contributed by atoms with van der Waals surface area (Å²) in [6.45, 7) is 3.67. The molecular formula is C16H20N4O3. The fourth-order valence-electron chi connectivity index (χ4n) is 2.29. The third-order valence-corrected chi connectivity index (χ3v) is 3.62. The smallest absolute Gasteiger partial charge is 0.267 e. The molecule has 1 heterocycles. The molecule has 7 nitrogen and oxygen atoms in total. The Morgan fingerprint density at radius 1 is 1.22 bits per heavy atom. The number of benzene rings is 1. The zero-order valence-corrected chi connectivity index (χ0v) is 13.5. The molecule has 0 saturated carbocycles. The van der Waals surface area contributed by atoms with Crippen LogP contribution in [0.15, 0.2) is 23.3 Å². The molecule has 2 rings (SSSR count). The van der Waals surface area contributed by atoms with Crippen LogP contribution in [0.4, 0.5) is 5.69 Å². The van der Waals surface area contributed by atoms with E-state index in [4.69, 9.17) is 0 Å². The molecular weight excluding hydrogens is 296 g/mol. The van der Waals surface area contributed by atoms with Crippen LogP contribution in [0.1, 0.15) is 24.0 Å². The van der Waals surface area contributed by atoms with Gasteiger partial charge in [0.15, 0.2) is 0 Å². The maximum Gasteiger partial charge on any atom is 0.267 e. The molecule has 0 aromatic heterocycles. The lowest BCUT2D eigenvalue weighted by molar-refractivity contribution is -0.130. The highest BCUT2D eigenvalue weighted by Crippen LogP contribution is 2.19. The molecule has 0 radical (unpaired) electrons. The predicted octanol–water partition coefficient (Wildman–Crippen LogP) is 0.966. The molecule has 0 aliphatic carbocycles. The average molecular weight is 316 g/mol. The van der Waals surface area contributed by atoms with Crippen molar-refractivity contribution in [3.8, 4) is 0 Å². The van der Waals surface area contributed by atoms with Gasteiger partial charge in [0.2, 0.25) is 11.8 Å². The molecule has 1 aliphatic heterocycles. The second-order valence-corrected chi connectivity index (χ2v) is 5.46. The number of hydrogen-bond donors (Lipinski definition) is 2. The van der Waals surface area contributed by atoms with Crippen LogP contribution in [0.25, 0.3) is 0 Å². The number of nitrogens with one attached hydrogen (secondary N) is 2. The topological polar surface area (TPSA) is 90.9 Å². The summed E-state index contributed by atoms with van der Waals surface area (Å²) in [7, 11) is 1.50. The maximum atomic E-state index is 12.0. The number of anilines is 1. The Balaban J connectivity index is 1.91. The summed E-state index contributed by atoms with van der Waals surface area (Å²) in [5.41, 5.74) is 2.93. The molecule has 0 fully saturated rings. The molecule has 0 atom stereocenters. The Hall–Kier alpha value is -2.70. The van der Waals surface area contributed by atoms with Gasteiger partial charge in [0.05, 0.1) is 6.54 Å². The average Bonchev–Trinajstić information content (AvgIpc) is 2.51. The van der Waals surface area contributed by atoms with Crippen LogP contribution >= 0.6 is 0 Å². The first-order valence-corrected chi connectivity index (χ1v) is 7.37. The van der Waals surface area contributed by atoms with Crippen LogP contribution in [0, 0.1) is 13.8 Å². The minimum Gasteiger partial charge on any atom is -0.342 e. The molecule has 122 valence electrons. The van der Waals surface area contributed by atoms with Crippen molar-refractivity contribution in [1.29, 1.82) is 0 Å². The third kappa shape index (κ3) is 4.15. The number of aryl methyl sites for hydroxylation is 2. The van der Waals surface area contributed by atoms with E-state index in [0.717, 1.165) is 21.8 Å². The van der Waals surface area contributed by atoms with E-state index >= 15 is 0 Å². The van der Waals surface area contributed by atoms with Crippen molar-refractivity contribution >= 4 is 29.1 Å². The van der Waals surface area contributed by atoms with Crippen molar-refractivity contribution in [1.82, 2.24) is 10.3 Å². The van der Waals surface area contributed by atoms with Gasteiger partial charge < -0.3 is 10.6 Å². The normalized spacial score (nSPS) is 14.3. The standard InChI is InChI=1S/C16H20N4O3/c1-10-5-4-6-11(2)15(10)18-13(21)9-17-16(23)12-7-8-14(22)20(3)19-12/h4-6H,7-9H2,1-3H3,(H,17,23)(H,18,21). The Labute approximate surface area is 134 Å². The molecule has 2 N–H and O–H groups in total. The van der Waals surface area contributed by atoms with Crippen molar-refractivity contribution in [3.05, 3.63) is 29.3 Å². The van der Waals surface area contributed by atoms with Gasteiger partial charge in [-0.05, 0) is 25.0 Å². The Morgan fingerprint density at radius 2 is 1.87 bits per heavy atom. The van der Waals surface area contributed by atoms with Gasteiger partial charge in [0.25, 0.3) is 5.91 Å². The van der Waals surface area contributed by atoms with Gasteiger partial charge in [0.1, 0.15) is 5.71 Å². The van der Waals surface area contributed by atoms with Gasteiger partial charge in [-0.1, -0.05) is 18.2 Å². The Morgan fingerprint density at radius 3 is 2.48 bits per heavy atom. The van der Waals surface area contributed by atoms with Gasteiger partial charge in [-0.2, -0.15) is 5.10 Å². The molecule has 1 aromatic rings. The van der Waals surface area contributed by atoms with E-state index in [0.29, 0.717) is 0 Å². The lowest BCUT2D eigenvalue weighted by Crippen LogP contribution is -2.40. The molecule has 3 amide bonds. The third-order valence-electron chi connectivity index (χ3n) is 3.62. The monoisotopic (exact) mass is 316 g/mol. The van der Waals surface area contributed by atoms with Gasteiger partial charge >= 0.3 is 0 Å². The summed E-state index contributed by atoms with van der Waals surface area (Å²) in [5, 5.41) is 10.4. The first-order valence-electron chi connectivity index (χ1n) is 7.37. The number of para-hydroxylation sites is 1. The lowest BCUT2D eigenvalue weighted by atomic mass is 10.1. The highest BCUT2D eigenvalue weighted by atomic mass is 16.2. The SMILES string of the molecule is Cc1cccc(C)c1NC(=O)CNC(=O)C1=NN(C)C(=O)CC1. The van der Waals surface area contributed by atoms with Crippen LogP contribution in [-0.2, 0) is 14.4 Å². The minimum absolute atomic E-state index is 0.130. The second-order valence-electron chi connectivity index (χ2n) is 5.46. The molecule has 0 unspecified atom stereocenters. The number of rotatable bonds is 4. The van der Waals surface area contributed by atoms with Crippen molar-refractivity contribution in [2.45, 2.75) is 26.7 Å². The van der Waals surface area contributed by atoms with Crippen molar-refractivity contribution in [2.75, 3.05) is 18.9 Å². The number of hydrogen-bond acceptors (Lipinski definition) is 4. The van der Waals surface area contributed by atoms with E-state index in [1.54, 1.807) is 0 Å². The van der Waals surface area contributed by atoms with Crippen LogP contribution in [0.3, 0.4) is 0 Å². The zero-order valence-electron chi connectivity index (χ0n) is 13.5. The maximum absolute atomic E-state index is 12.0. The first kappa shape index (κ1) is 16.7. The van der Waals surface area contributed by atoms with E-state index in [1.165, 1.54) is 7.05 Å². The highest BCUT2D eigenvalue weighted by Gasteiger charge is 2.22. The number of carbonyl (C=O) groups excluding carboxylic acids is 3. The summed E-state index contributed by atoms with van der Waals surface area (Å²) in [4.78, 5) is 35.3. The molecule has 7 heteroatoms. The first-order chi connectivity index (χ1) is 10.9. The van der Waals surface area contributed by atoms with Gasteiger partial charge in [-0.3, -0.25) is 14.4 Å². The minimum atomic E-state index is -0.430. The van der Waals surface area contributed by atoms with E-state index < -0.39 is 5.91 Å². The van der Waals surface area contributed by atoms with Crippen LogP contribution in [-0.4, -0.2) is 42.0 Å². The number of amides is 3. The number of nitrogens with zero attached hydrogens (tertiary/aromatic N) is 2. The van der Waals surface area contributed by atoms with Gasteiger partial charge in [-0.25, -0.2) is 5.01 Å². The van der Waals surface area contributed by atoms with Crippen LogP contribution in [0.2, 0.25) is 0 Å². The lowest BCUT2D eigenvalue weighted by Gasteiger charge is -2.19. The summed E-state index contributed by atoms with van der Waals surface area (Å²) in [5.74, 6) is -0.869. The molecule has 0 saturated heterocycles. The summed E-state index contributed by atoms with van der Waals surface area (Å²) in [6, 6.07) is 5.73. The summed E-state index contributed by atoms with van der Waals surface area (Å²) < 4.78 is 0. The van der Waals surface area contributed by atoms with Crippen molar-refractivity contribution < 1.29 is 14.4 Å². The van der Waals surface area contributed by atoms with E-state index in [2.05, 4.69) is 15.7 Å². The van der Waals surface area contributed by atoms with Crippen LogP contribution < -0.4 is 10.6 Å². The van der Waals surface area contributed by atoms with Crippen LogP contribution in [0.5, 0.6) is 0 Å². The van der Waals surface area contributed by atoms with Crippen molar-refractivity contribution in [3.63, 3.8) is 0 Å². The molecule has 23 heavy (non-hydrogen) atoms. The fourth-order valence-corrected chi connectivity index (χ4v) is 2.29. The highest BCUT2D eigenvalue weighted by molar-refractivity contribution is 6.39. The summed E-state index contributed by atoms with van der Waals surface area (Å²) in [6.07, 6.45) is 0.533. The van der Waals surface area contributed by atoms with Crippen molar-refractivity contribution in [2.24, 2.45) is 5.10 Å². The zero-order chi connectivity index (χ0) is 17.0. The fraction of sp³-hybridized carbons (Fsp3) is 0.375. The van der Waals surface area contributed by atoms with E-state index in [-0.39, 0.29) is 36.9 Å².